The molecule has 3 aromatic rings. The first-order valence-corrected chi connectivity index (χ1v) is 8.31. The van der Waals surface area contributed by atoms with E-state index in [0.717, 1.165) is 10.2 Å². The minimum atomic E-state index is -0.361. The summed E-state index contributed by atoms with van der Waals surface area (Å²) in [5.41, 5.74) is 1.78. The summed E-state index contributed by atoms with van der Waals surface area (Å²) in [6, 6.07) is 14.0. The number of thiazole rings is 1. The number of benzene rings is 2. The molecule has 0 aliphatic carbocycles. The van der Waals surface area contributed by atoms with E-state index >= 15 is 0 Å². The molecule has 24 heavy (non-hydrogen) atoms. The number of nitrogens with zero attached hydrogens (tertiary/aromatic N) is 3. The van der Waals surface area contributed by atoms with Crippen LogP contribution in [0.25, 0.3) is 10.2 Å². The molecule has 0 saturated carbocycles. The van der Waals surface area contributed by atoms with E-state index in [1.54, 1.807) is 30.3 Å². The van der Waals surface area contributed by atoms with Crippen molar-refractivity contribution in [3.63, 3.8) is 0 Å². The van der Waals surface area contributed by atoms with Gasteiger partial charge in [-0.15, -0.1) is 6.58 Å². The Kier molecular flexibility index (Phi) is 4.61. The number of para-hydroxylation sites is 1. The number of amides is 1. The zero-order valence-electron chi connectivity index (χ0n) is 12.6. The molecule has 0 aliphatic rings. The van der Waals surface area contributed by atoms with E-state index in [0.29, 0.717) is 27.5 Å². The van der Waals surface area contributed by atoms with Crippen molar-refractivity contribution >= 4 is 39.1 Å². The van der Waals surface area contributed by atoms with Crippen LogP contribution in [0, 0.1) is 11.3 Å². The topological polar surface area (TPSA) is 58.1 Å². The number of nitriles is 1. The Morgan fingerprint density at radius 2 is 2.08 bits per heavy atom. The van der Waals surface area contributed by atoms with Crippen LogP contribution in [0.15, 0.2) is 60.1 Å². The molecule has 0 N–H and O–H groups in total. The molecule has 4 nitrogen and oxygen atoms in total. The van der Waals surface area contributed by atoms with Crippen molar-refractivity contribution in [2.45, 2.75) is 6.54 Å². The predicted octanol–water partition coefficient (Wildman–Crippen LogP) is 4.15. The van der Waals surface area contributed by atoms with Gasteiger partial charge in [-0.3, -0.25) is 4.79 Å². The molecule has 0 aliphatic heterocycles. The molecule has 2 aromatic carbocycles. The molecule has 0 atom stereocenters. The van der Waals surface area contributed by atoms with Crippen molar-refractivity contribution in [3.8, 4) is 6.07 Å². The molecular weight excluding hydrogens is 342 g/mol. The van der Waals surface area contributed by atoms with E-state index in [4.69, 9.17) is 16.9 Å². The molecule has 0 saturated heterocycles. The molecule has 0 bridgehead atoms. The lowest BCUT2D eigenvalue weighted by molar-refractivity contribution is 0.0998. The lowest BCUT2D eigenvalue weighted by Crippen LogP contribution is -2.16. The molecular formula is C18H12ClN3OS. The maximum absolute atomic E-state index is 12.4. The van der Waals surface area contributed by atoms with E-state index in [2.05, 4.69) is 11.6 Å². The molecule has 6 heteroatoms. The summed E-state index contributed by atoms with van der Waals surface area (Å²) in [5.74, 6) is -0.361. The summed E-state index contributed by atoms with van der Waals surface area (Å²) >= 11 is 7.69. The van der Waals surface area contributed by atoms with Gasteiger partial charge in [0.2, 0.25) is 0 Å². The number of hydrogen-bond donors (Lipinski definition) is 0. The van der Waals surface area contributed by atoms with Gasteiger partial charge < -0.3 is 4.57 Å². The number of aromatic nitrogens is 1. The highest BCUT2D eigenvalue weighted by atomic mass is 35.5. The summed E-state index contributed by atoms with van der Waals surface area (Å²) in [5, 5.41) is 9.43. The Morgan fingerprint density at radius 3 is 2.75 bits per heavy atom. The summed E-state index contributed by atoms with van der Waals surface area (Å²) in [7, 11) is 0. The molecule has 1 heterocycles. The van der Waals surface area contributed by atoms with Crippen LogP contribution in [-0.4, -0.2) is 10.5 Å². The highest BCUT2D eigenvalue weighted by Gasteiger charge is 2.11. The van der Waals surface area contributed by atoms with Gasteiger partial charge in [0.25, 0.3) is 5.91 Å². The van der Waals surface area contributed by atoms with Crippen molar-refractivity contribution in [2.75, 3.05) is 0 Å². The highest BCUT2D eigenvalue weighted by Crippen LogP contribution is 2.25. The van der Waals surface area contributed by atoms with Crippen LogP contribution in [0.1, 0.15) is 15.9 Å². The van der Waals surface area contributed by atoms with Crippen LogP contribution in [0.4, 0.5) is 0 Å². The Labute approximate surface area is 147 Å². The van der Waals surface area contributed by atoms with Gasteiger partial charge >= 0.3 is 0 Å². The number of rotatable bonds is 3. The number of allylic oxidation sites excluding steroid dienone is 1. The third kappa shape index (κ3) is 3.02. The molecule has 1 amide bonds. The molecule has 1 aromatic heterocycles. The Hall–Kier alpha value is -2.68. The Balaban J connectivity index is 2.13. The molecule has 0 spiro atoms. The molecule has 0 fully saturated rings. The maximum Gasteiger partial charge on any atom is 0.279 e. The summed E-state index contributed by atoms with van der Waals surface area (Å²) < 4.78 is 2.83. The van der Waals surface area contributed by atoms with E-state index in [9.17, 15) is 4.79 Å². The minimum Gasteiger partial charge on any atom is -0.311 e. The fourth-order valence-electron chi connectivity index (χ4n) is 2.31. The number of carbonyl (C=O) groups excluding carboxylic acids is 1. The van der Waals surface area contributed by atoms with Crippen molar-refractivity contribution in [1.82, 2.24) is 4.57 Å². The first-order valence-electron chi connectivity index (χ1n) is 7.12. The van der Waals surface area contributed by atoms with Gasteiger partial charge in [-0.25, -0.2) is 0 Å². The van der Waals surface area contributed by atoms with Gasteiger partial charge in [0.15, 0.2) is 4.80 Å². The molecule has 118 valence electrons. The normalized spacial score (nSPS) is 11.4. The van der Waals surface area contributed by atoms with Crippen LogP contribution in [0.5, 0.6) is 0 Å². The zero-order chi connectivity index (χ0) is 17.1. The monoisotopic (exact) mass is 353 g/mol. The van der Waals surface area contributed by atoms with Crippen molar-refractivity contribution in [2.24, 2.45) is 4.99 Å². The van der Waals surface area contributed by atoms with Crippen LogP contribution in [-0.2, 0) is 6.54 Å². The van der Waals surface area contributed by atoms with Crippen LogP contribution in [0.3, 0.4) is 0 Å². The summed E-state index contributed by atoms with van der Waals surface area (Å²) in [6.45, 7) is 4.26. The Morgan fingerprint density at radius 1 is 1.33 bits per heavy atom. The van der Waals surface area contributed by atoms with Gasteiger partial charge in [0, 0.05) is 12.1 Å². The average Bonchev–Trinajstić information content (AvgIpc) is 2.94. The zero-order valence-corrected chi connectivity index (χ0v) is 14.1. The van der Waals surface area contributed by atoms with Crippen LogP contribution < -0.4 is 4.80 Å². The van der Waals surface area contributed by atoms with Gasteiger partial charge in [-0.2, -0.15) is 10.3 Å². The van der Waals surface area contributed by atoms with Gasteiger partial charge in [-0.1, -0.05) is 35.1 Å². The van der Waals surface area contributed by atoms with Crippen LogP contribution >= 0.6 is 22.9 Å². The quantitative estimate of drug-likeness (QED) is 0.664. The highest BCUT2D eigenvalue weighted by molar-refractivity contribution is 7.16. The second-order valence-electron chi connectivity index (χ2n) is 4.98. The second-order valence-corrected chi connectivity index (χ2v) is 6.39. The minimum absolute atomic E-state index is 0.361. The Bertz CT molecular complexity index is 1040. The summed E-state index contributed by atoms with van der Waals surface area (Å²) in [6.07, 6.45) is 1.74. The fourth-order valence-corrected chi connectivity index (χ4v) is 3.71. The third-order valence-corrected chi connectivity index (χ3v) is 4.77. The van der Waals surface area contributed by atoms with Crippen molar-refractivity contribution in [1.29, 1.82) is 5.26 Å². The number of carbonyl (C=O) groups is 1. The maximum atomic E-state index is 12.4. The summed E-state index contributed by atoms with van der Waals surface area (Å²) in [4.78, 5) is 17.2. The number of hydrogen-bond acceptors (Lipinski definition) is 3. The fraction of sp³-hybridized carbons (Fsp3) is 0.0556. The average molecular weight is 354 g/mol. The first-order chi connectivity index (χ1) is 11.6. The lowest BCUT2D eigenvalue weighted by Gasteiger charge is -2.02. The number of fused-ring (bicyclic) bond motifs is 1. The van der Waals surface area contributed by atoms with Gasteiger partial charge in [0.1, 0.15) is 0 Å². The lowest BCUT2D eigenvalue weighted by atomic mass is 10.1. The van der Waals surface area contributed by atoms with E-state index in [1.807, 2.05) is 28.8 Å². The van der Waals surface area contributed by atoms with Gasteiger partial charge in [-0.05, 0) is 36.4 Å². The standard InChI is InChI=1S/C18H12ClN3OS/c1-2-10-22-16-14(19)4-3-5-15(16)24-18(22)21-17(23)13-8-6-12(11-20)7-9-13/h2-9H,1,10H2. The number of halogens is 1. The van der Waals surface area contributed by atoms with Gasteiger partial charge in [0.05, 0.1) is 26.9 Å². The smallest absolute Gasteiger partial charge is 0.279 e. The van der Waals surface area contributed by atoms with Crippen molar-refractivity contribution < 1.29 is 4.79 Å². The second kappa shape index (κ2) is 6.83. The molecule has 3 rings (SSSR count). The van der Waals surface area contributed by atoms with Crippen LogP contribution in [0.2, 0.25) is 5.02 Å². The molecule has 0 unspecified atom stereocenters. The largest absolute Gasteiger partial charge is 0.311 e. The first kappa shape index (κ1) is 16.2. The van der Waals surface area contributed by atoms with Crippen molar-refractivity contribution in [3.05, 3.63) is 76.1 Å². The predicted molar refractivity (Wildman–Crippen MR) is 96.1 cm³/mol. The third-order valence-electron chi connectivity index (χ3n) is 3.42. The van der Waals surface area contributed by atoms with E-state index in [-0.39, 0.29) is 5.91 Å². The molecule has 0 radical (unpaired) electrons. The van der Waals surface area contributed by atoms with E-state index in [1.165, 1.54) is 11.3 Å². The SMILES string of the molecule is C=CCn1c(=NC(=O)c2ccc(C#N)cc2)sc2cccc(Cl)c21. The van der Waals surface area contributed by atoms with E-state index < -0.39 is 0 Å².